The molecule has 0 radical (unpaired) electrons. The average Bonchev–Trinajstić information content (AvgIpc) is 2.63. The molecule has 2 aromatic carbocycles. The number of carbonyl (C=O) groups excluding carboxylic acids is 1. The van der Waals surface area contributed by atoms with Gasteiger partial charge in [-0.3, -0.25) is 9.69 Å². The SMILES string of the molecule is Cc1cccc(C(=O)NCCN2CCN(c3ccccc3)CC2)c1. The van der Waals surface area contributed by atoms with E-state index < -0.39 is 0 Å². The van der Waals surface area contributed by atoms with Crippen LogP contribution in [-0.2, 0) is 0 Å². The Hall–Kier alpha value is -2.33. The Labute approximate surface area is 144 Å². The summed E-state index contributed by atoms with van der Waals surface area (Å²) in [6.45, 7) is 7.75. The van der Waals surface area contributed by atoms with Gasteiger partial charge in [0.25, 0.3) is 5.91 Å². The molecule has 1 saturated heterocycles. The maximum atomic E-state index is 12.1. The van der Waals surface area contributed by atoms with E-state index >= 15 is 0 Å². The highest BCUT2D eigenvalue weighted by molar-refractivity contribution is 5.94. The Bertz CT molecular complexity index is 664. The third-order valence-corrected chi connectivity index (χ3v) is 4.49. The zero-order valence-corrected chi connectivity index (χ0v) is 14.2. The highest BCUT2D eigenvalue weighted by Gasteiger charge is 2.16. The van der Waals surface area contributed by atoms with E-state index in [-0.39, 0.29) is 5.91 Å². The molecule has 1 amide bonds. The molecule has 1 aliphatic heterocycles. The minimum Gasteiger partial charge on any atom is -0.369 e. The standard InChI is InChI=1S/C20H25N3O/c1-17-6-5-7-18(16-17)20(24)21-10-11-22-12-14-23(15-13-22)19-8-3-2-4-9-19/h2-9,16H,10-15H2,1H3,(H,21,24). The number of para-hydroxylation sites is 1. The normalized spacial score (nSPS) is 15.3. The van der Waals surface area contributed by atoms with Gasteiger partial charge in [0, 0.05) is 50.5 Å². The first kappa shape index (κ1) is 16.5. The molecule has 0 bridgehead atoms. The van der Waals surface area contributed by atoms with Crippen molar-refractivity contribution in [3.63, 3.8) is 0 Å². The second kappa shape index (κ2) is 7.97. The Morgan fingerprint density at radius 3 is 2.46 bits per heavy atom. The van der Waals surface area contributed by atoms with Crippen LogP contribution in [0.1, 0.15) is 15.9 Å². The van der Waals surface area contributed by atoms with Crippen molar-refractivity contribution < 1.29 is 4.79 Å². The first-order valence-electron chi connectivity index (χ1n) is 8.59. The summed E-state index contributed by atoms with van der Waals surface area (Å²) in [5.74, 6) is 0.0154. The number of anilines is 1. The molecule has 24 heavy (non-hydrogen) atoms. The molecule has 0 spiro atoms. The fraction of sp³-hybridized carbons (Fsp3) is 0.350. The highest BCUT2D eigenvalue weighted by Crippen LogP contribution is 2.15. The van der Waals surface area contributed by atoms with Crippen LogP contribution in [0.3, 0.4) is 0 Å². The third kappa shape index (κ3) is 4.36. The second-order valence-electron chi connectivity index (χ2n) is 6.29. The van der Waals surface area contributed by atoms with Crippen molar-refractivity contribution in [2.24, 2.45) is 0 Å². The van der Waals surface area contributed by atoms with Gasteiger partial charge in [0.2, 0.25) is 0 Å². The maximum Gasteiger partial charge on any atom is 0.251 e. The van der Waals surface area contributed by atoms with Crippen LogP contribution in [0.2, 0.25) is 0 Å². The van der Waals surface area contributed by atoms with Crippen LogP contribution in [0, 0.1) is 6.92 Å². The molecule has 0 unspecified atom stereocenters. The third-order valence-electron chi connectivity index (χ3n) is 4.49. The molecule has 1 fully saturated rings. The average molecular weight is 323 g/mol. The summed E-state index contributed by atoms with van der Waals surface area (Å²) in [5.41, 5.74) is 3.15. The van der Waals surface area contributed by atoms with E-state index in [2.05, 4.69) is 45.4 Å². The molecule has 0 atom stereocenters. The van der Waals surface area contributed by atoms with E-state index in [9.17, 15) is 4.79 Å². The van der Waals surface area contributed by atoms with Crippen molar-refractivity contribution >= 4 is 11.6 Å². The lowest BCUT2D eigenvalue weighted by Crippen LogP contribution is -2.48. The van der Waals surface area contributed by atoms with E-state index in [0.29, 0.717) is 6.54 Å². The van der Waals surface area contributed by atoms with E-state index in [1.165, 1.54) is 5.69 Å². The maximum absolute atomic E-state index is 12.1. The minimum absolute atomic E-state index is 0.0154. The van der Waals surface area contributed by atoms with Crippen LogP contribution >= 0.6 is 0 Å². The highest BCUT2D eigenvalue weighted by atomic mass is 16.1. The molecule has 4 nitrogen and oxygen atoms in total. The number of nitrogens with one attached hydrogen (secondary N) is 1. The summed E-state index contributed by atoms with van der Waals surface area (Å²) in [6.07, 6.45) is 0. The van der Waals surface area contributed by atoms with Crippen LogP contribution < -0.4 is 10.2 Å². The molecule has 1 aliphatic rings. The summed E-state index contributed by atoms with van der Waals surface area (Å²) in [5, 5.41) is 3.02. The van der Waals surface area contributed by atoms with Crippen molar-refractivity contribution in [3.8, 4) is 0 Å². The lowest BCUT2D eigenvalue weighted by atomic mass is 10.1. The summed E-state index contributed by atoms with van der Waals surface area (Å²) >= 11 is 0. The van der Waals surface area contributed by atoms with Crippen molar-refractivity contribution in [2.45, 2.75) is 6.92 Å². The Kier molecular flexibility index (Phi) is 5.49. The van der Waals surface area contributed by atoms with Gasteiger partial charge < -0.3 is 10.2 Å². The largest absolute Gasteiger partial charge is 0.369 e. The molecule has 0 aromatic heterocycles. The zero-order chi connectivity index (χ0) is 16.8. The van der Waals surface area contributed by atoms with Gasteiger partial charge in [-0.2, -0.15) is 0 Å². The fourth-order valence-corrected chi connectivity index (χ4v) is 3.08. The number of piperazine rings is 1. The lowest BCUT2D eigenvalue weighted by Gasteiger charge is -2.36. The quantitative estimate of drug-likeness (QED) is 0.918. The molecule has 0 saturated carbocycles. The van der Waals surface area contributed by atoms with E-state index in [1.807, 2.05) is 31.2 Å². The summed E-state index contributed by atoms with van der Waals surface area (Å²) in [7, 11) is 0. The van der Waals surface area contributed by atoms with Gasteiger partial charge in [0.05, 0.1) is 0 Å². The van der Waals surface area contributed by atoms with Gasteiger partial charge in [0.15, 0.2) is 0 Å². The molecule has 4 heteroatoms. The van der Waals surface area contributed by atoms with Crippen LogP contribution in [0.5, 0.6) is 0 Å². The first-order chi connectivity index (χ1) is 11.7. The molecule has 126 valence electrons. The zero-order valence-electron chi connectivity index (χ0n) is 14.2. The van der Waals surface area contributed by atoms with Gasteiger partial charge in [-0.1, -0.05) is 35.9 Å². The van der Waals surface area contributed by atoms with Gasteiger partial charge in [-0.05, 0) is 31.2 Å². The van der Waals surface area contributed by atoms with Crippen molar-refractivity contribution in [3.05, 3.63) is 65.7 Å². The topological polar surface area (TPSA) is 35.6 Å². The predicted molar refractivity (Wildman–Crippen MR) is 98.6 cm³/mol. The number of aryl methyl sites for hydroxylation is 1. The van der Waals surface area contributed by atoms with E-state index in [1.54, 1.807) is 0 Å². The van der Waals surface area contributed by atoms with Gasteiger partial charge in [-0.25, -0.2) is 0 Å². The first-order valence-corrected chi connectivity index (χ1v) is 8.59. The van der Waals surface area contributed by atoms with Gasteiger partial charge >= 0.3 is 0 Å². The molecule has 0 aliphatic carbocycles. The molecular formula is C20H25N3O. The van der Waals surface area contributed by atoms with Crippen LogP contribution in [-0.4, -0.2) is 50.1 Å². The molecule has 1 heterocycles. The Morgan fingerprint density at radius 1 is 1.00 bits per heavy atom. The number of hydrogen-bond donors (Lipinski definition) is 1. The molecule has 2 aromatic rings. The van der Waals surface area contributed by atoms with Crippen LogP contribution in [0.4, 0.5) is 5.69 Å². The number of rotatable bonds is 5. The van der Waals surface area contributed by atoms with Crippen molar-refractivity contribution in [1.82, 2.24) is 10.2 Å². The summed E-state index contributed by atoms with van der Waals surface area (Å²) < 4.78 is 0. The fourth-order valence-electron chi connectivity index (χ4n) is 3.08. The van der Waals surface area contributed by atoms with Crippen molar-refractivity contribution in [1.29, 1.82) is 0 Å². The number of amides is 1. The number of carbonyl (C=O) groups is 1. The number of benzene rings is 2. The second-order valence-corrected chi connectivity index (χ2v) is 6.29. The van der Waals surface area contributed by atoms with Gasteiger partial charge in [-0.15, -0.1) is 0 Å². The summed E-state index contributed by atoms with van der Waals surface area (Å²) in [6, 6.07) is 18.3. The number of nitrogens with zero attached hydrogens (tertiary/aromatic N) is 2. The van der Waals surface area contributed by atoms with Gasteiger partial charge in [0.1, 0.15) is 0 Å². The minimum atomic E-state index is 0.0154. The Morgan fingerprint density at radius 2 is 1.75 bits per heavy atom. The lowest BCUT2D eigenvalue weighted by molar-refractivity contribution is 0.0947. The van der Waals surface area contributed by atoms with Crippen molar-refractivity contribution in [2.75, 3.05) is 44.2 Å². The smallest absolute Gasteiger partial charge is 0.251 e. The molecule has 1 N–H and O–H groups in total. The molecule has 3 rings (SSSR count). The summed E-state index contributed by atoms with van der Waals surface area (Å²) in [4.78, 5) is 17.0. The van der Waals surface area contributed by atoms with Crippen LogP contribution in [0.25, 0.3) is 0 Å². The van der Waals surface area contributed by atoms with Crippen LogP contribution in [0.15, 0.2) is 54.6 Å². The Balaban J connectivity index is 1.40. The van der Waals surface area contributed by atoms with E-state index in [4.69, 9.17) is 0 Å². The monoisotopic (exact) mass is 323 g/mol. The predicted octanol–water partition coefficient (Wildman–Crippen LogP) is 2.55. The molecular weight excluding hydrogens is 298 g/mol. The van der Waals surface area contributed by atoms with E-state index in [0.717, 1.165) is 43.9 Å². The number of hydrogen-bond acceptors (Lipinski definition) is 3.